The number of hydrogen-bond acceptors (Lipinski definition) is 4. The monoisotopic (exact) mass is 411 g/mol. The van der Waals surface area contributed by atoms with Crippen molar-refractivity contribution in [1.82, 2.24) is 9.55 Å². The molecule has 0 bridgehead atoms. The summed E-state index contributed by atoms with van der Waals surface area (Å²) in [5.41, 5.74) is 1.92. The van der Waals surface area contributed by atoms with Crippen LogP contribution in [-0.4, -0.2) is 25.1 Å². The maximum atomic E-state index is 12.6. The number of nitrogens with one attached hydrogen (secondary N) is 1. The van der Waals surface area contributed by atoms with Crippen molar-refractivity contribution in [3.05, 3.63) is 64.7 Å². The Kier molecular flexibility index (Phi) is 5.13. The summed E-state index contributed by atoms with van der Waals surface area (Å²) in [5.74, 6) is 0.486. The molecule has 0 saturated heterocycles. The second kappa shape index (κ2) is 7.19. The summed E-state index contributed by atoms with van der Waals surface area (Å²) < 4.78 is 34.9. The minimum atomic E-state index is -3.91. The molecule has 6 nitrogen and oxygen atoms in total. The van der Waals surface area contributed by atoms with Gasteiger partial charge in [-0.05, 0) is 37.3 Å². The summed E-state index contributed by atoms with van der Waals surface area (Å²) in [6.07, 6.45) is 3.50. The highest BCUT2D eigenvalue weighted by Gasteiger charge is 2.19. The van der Waals surface area contributed by atoms with E-state index in [2.05, 4.69) is 9.71 Å². The molecule has 0 unspecified atom stereocenters. The van der Waals surface area contributed by atoms with E-state index in [0.29, 0.717) is 11.4 Å². The number of imidazole rings is 1. The van der Waals surface area contributed by atoms with E-state index in [1.807, 2.05) is 13.1 Å². The Morgan fingerprint density at radius 3 is 2.58 bits per heavy atom. The smallest absolute Gasteiger partial charge is 0.263 e. The van der Waals surface area contributed by atoms with Crippen LogP contribution in [-0.2, 0) is 10.0 Å². The topological polar surface area (TPSA) is 73.2 Å². The quantitative estimate of drug-likeness (QED) is 0.678. The molecule has 1 N–H and O–H groups in total. The predicted molar refractivity (Wildman–Crippen MR) is 102 cm³/mol. The van der Waals surface area contributed by atoms with Crippen LogP contribution in [0.1, 0.15) is 5.69 Å². The van der Waals surface area contributed by atoms with Crippen molar-refractivity contribution in [2.75, 3.05) is 11.8 Å². The van der Waals surface area contributed by atoms with Gasteiger partial charge in [0, 0.05) is 17.3 Å². The van der Waals surface area contributed by atoms with Gasteiger partial charge in [0.05, 0.1) is 35.5 Å². The van der Waals surface area contributed by atoms with Crippen molar-refractivity contribution in [3.63, 3.8) is 0 Å². The first-order chi connectivity index (χ1) is 12.3. The average molecular weight is 412 g/mol. The molecule has 26 heavy (non-hydrogen) atoms. The van der Waals surface area contributed by atoms with E-state index in [1.54, 1.807) is 29.1 Å². The lowest BCUT2D eigenvalue weighted by molar-refractivity contribution is 0.413. The van der Waals surface area contributed by atoms with E-state index in [1.165, 1.54) is 25.3 Å². The number of aryl methyl sites for hydroxylation is 1. The third-order valence-corrected chi connectivity index (χ3v) is 5.70. The molecule has 0 aliphatic heterocycles. The number of anilines is 1. The summed E-state index contributed by atoms with van der Waals surface area (Å²) in [7, 11) is -2.40. The zero-order chi connectivity index (χ0) is 18.9. The fourth-order valence-corrected chi connectivity index (χ4v) is 4.21. The lowest BCUT2D eigenvalue weighted by Crippen LogP contribution is -2.13. The van der Waals surface area contributed by atoms with Crippen LogP contribution in [0.2, 0.25) is 10.0 Å². The Morgan fingerprint density at radius 1 is 1.15 bits per heavy atom. The third-order valence-electron chi connectivity index (χ3n) is 3.60. The van der Waals surface area contributed by atoms with Crippen LogP contribution >= 0.6 is 23.2 Å². The number of halogens is 2. The molecule has 0 aliphatic carbocycles. The van der Waals surface area contributed by atoms with Crippen LogP contribution in [0.3, 0.4) is 0 Å². The van der Waals surface area contributed by atoms with Gasteiger partial charge in [-0.3, -0.25) is 4.72 Å². The van der Waals surface area contributed by atoms with Crippen LogP contribution < -0.4 is 9.46 Å². The molecule has 2 aromatic carbocycles. The SMILES string of the molecule is COc1cc(NS(=O)(=O)c2cc(Cl)ccc2Cl)ccc1-n1cnc(C)c1. The highest BCUT2D eigenvalue weighted by molar-refractivity contribution is 7.92. The number of nitrogens with zero attached hydrogens (tertiary/aromatic N) is 2. The summed E-state index contributed by atoms with van der Waals surface area (Å²) in [6.45, 7) is 1.88. The molecule has 1 heterocycles. The van der Waals surface area contributed by atoms with Crippen LogP contribution in [0.25, 0.3) is 5.69 Å². The van der Waals surface area contributed by atoms with Crippen LogP contribution in [0.15, 0.2) is 53.8 Å². The van der Waals surface area contributed by atoms with Crippen molar-refractivity contribution >= 4 is 38.9 Å². The predicted octanol–water partition coefficient (Wildman–Crippen LogP) is 4.30. The number of rotatable bonds is 5. The zero-order valence-corrected chi connectivity index (χ0v) is 16.2. The first kappa shape index (κ1) is 18.6. The summed E-state index contributed by atoms with van der Waals surface area (Å²) in [5, 5.41) is 0.359. The molecule has 0 fully saturated rings. The minimum Gasteiger partial charge on any atom is -0.494 e. The highest BCUT2D eigenvalue weighted by Crippen LogP contribution is 2.30. The van der Waals surface area contributed by atoms with Gasteiger partial charge in [-0.1, -0.05) is 23.2 Å². The molecule has 136 valence electrons. The zero-order valence-electron chi connectivity index (χ0n) is 13.9. The average Bonchev–Trinajstić information content (AvgIpc) is 3.02. The number of sulfonamides is 1. The second-order valence-corrected chi connectivity index (χ2v) is 7.98. The molecule has 0 radical (unpaired) electrons. The first-order valence-corrected chi connectivity index (χ1v) is 9.71. The molecule has 0 spiro atoms. The largest absolute Gasteiger partial charge is 0.494 e. The molecular formula is C17H15Cl2N3O3S. The minimum absolute atomic E-state index is 0.0828. The van der Waals surface area contributed by atoms with E-state index in [9.17, 15) is 8.42 Å². The van der Waals surface area contributed by atoms with E-state index in [-0.39, 0.29) is 14.9 Å². The number of hydrogen-bond donors (Lipinski definition) is 1. The maximum absolute atomic E-state index is 12.6. The molecule has 0 aliphatic rings. The molecule has 0 saturated carbocycles. The second-order valence-electron chi connectivity index (χ2n) is 5.49. The number of aromatic nitrogens is 2. The van der Waals surface area contributed by atoms with Gasteiger partial charge in [0.15, 0.2) is 0 Å². The normalized spacial score (nSPS) is 11.4. The highest BCUT2D eigenvalue weighted by atomic mass is 35.5. The van der Waals surface area contributed by atoms with Crippen LogP contribution in [0.4, 0.5) is 5.69 Å². The lowest BCUT2D eigenvalue weighted by atomic mass is 10.2. The number of ether oxygens (including phenoxy) is 1. The maximum Gasteiger partial charge on any atom is 0.263 e. The Morgan fingerprint density at radius 2 is 1.92 bits per heavy atom. The van der Waals surface area contributed by atoms with Gasteiger partial charge >= 0.3 is 0 Å². The van der Waals surface area contributed by atoms with Crippen molar-refractivity contribution in [2.45, 2.75) is 11.8 Å². The number of benzene rings is 2. The fourth-order valence-electron chi connectivity index (χ4n) is 2.40. The van der Waals surface area contributed by atoms with Crippen LogP contribution in [0, 0.1) is 6.92 Å². The Bertz CT molecular complexity index is 1060. The molecule has 9 heteroatoms. The molecule has 0 amide bonds. The van der Waals surface area contributed by atoms with E-state index in [0.717, 1.165) is 11.4 Å². The Hall–Kier alpha value is -2.22. The van der Waals surface area contributed by atoms with Gasteiger partial charge in [-0.2, -0.15) is 0 Å². The molecular weight excluding hydrogens is 397 g/mol. The summed E-state index contributed by atoms with van der Waals surface area (Å²) >= 11 is 11.9. The Labute approximate surface area is 161 Å². The molecule has 1 aromatic heterocycles. The summed E-state index contributed by atoms with van der Waals surface area (Å²) in [4.78, 5) is 4.08. The van der Waals surface area contributed by atoms with Crippen molar-refractivity contribution in [3.8, 4) is 11.4 Å². The van der Waals surface area contributed by atoms with Crippen molar-refractivity contribution in [2.24, 2.45) is 0 Å². The van der Waals surface area contributed by atoms with E-state index >= 15 is 0 Å². The Balaban J connectivity index is 1.96. The van der Waals surface area contributed by atoms with Gasteiger partial charge in [0.1, 0.15) is 10.6 Å². The van der Waals surface area contributed by atoms with Gasteiger partial charge in [-0.25, -0.2) is 13.4 Å². The van der Waals surface area contributed by atoms with Crippen molar-refractivity contribution in [1.29, 1.82) is 0 Å². The van der Waals surface area contributed by atoms with E-state index in [4.69, 9.17) is 27.9 Å². The van der Waals surface area contributed by atoms with Crippen molar-refractivity contribution < 1.29 is 13.2 Å². The number of methoxy groups -OCH3 is 1. The van der Waals surface area contributed by atoms with Gasteiger partial charge in [0.25, 0.3) is 10.0 Å². The molecule has 0 atom stereocenters. The first-order valence-electron chi connectivity index (χ1n) is 7.47. The molecule has 3 aromatic rings. The fraction of sp³-hybridized carbons (Fsp3) is 0.118. The third kappa shape index (κ3) is 3.80. The van der Waals surface area contributed by atoms with Gasteiger partial charge < -0.3 is 9.30 Å². The van der Waals surface area contributed by atoms with Gasteiger partial charge in [-0.15, -0.1) is 0 Å². The standard InChI is InChI=1S/C17H15Cl2N3O3S/c1-11-9-22(10-20-11)15-6-4-13(8-16(15)25-2)21-26(23,24)17-7-12(18)3-5-14(17)19/h3-10,21H,1-2H3. The lowest BCUT2D eigenvalue weighted by Gasteiger charge is -2.13. The molecule has 3 rings (SSSR count). The summed E-state index contributed by atoms with van der Waals surface area (Å²) in [6, 6.07) is 9.20. The van der Waals surface area contributed by atoms with Gasteiger partial charge in [0.2, 0.25) is 0 Å². The van der Waals surface area contributed by atoms with Crippen LogP contribution in [0.5, 0.6) is 5.75 Å². The van der Waals surface area contributed by atoms with E-state index < -0.39 is 10.0 Å².